The van der Waals surface area contributed by atoms with Crippen LogP contribution >= 0.6 is 24.0 Å². The molecule has 1 aromatic carbocycles. The number of aliphatic imine (C=N–C) groups is 1. The quantitative estimate of drug-likeness (QED) is 0.368. The van der Waals surface area contributed by atoms with Crippen LogP contribution in [0.1, 0.15) is 38.7 Å². The van der Waals surface area contributed by atoms with Gasteiger partial charge in [0.2, 0.25) is 0 Å². The first kappa shape index (κ1) is 17.8. The van der Waals surface area contributed by atoms with E-state index < -0.39 is 0 Å². The molecule has 0 radical (unpaired) electrons. The second kappa shape index (κ2) is 9.68. The van der Waals surface area contributed by atoms with Crippen LogP contribution in [0.3, 0.4) is 0 Å². The van der Waals surface area contributed by atoms with Gasteiger partial charge >= 0.3 is 0 Å². The fourth-order valence-corrected chi connectivity index (χ4v) is 1.52. The normalized spacial score (nSPS) is 11.8. The molecule has 0 spiro atoms. The first-order valence-corrected chi connectivity index (χ1v) is 6.23. The largest absolute Gasteiger partial charge is 0.370 e. The summed E-state index contributed by atoms with van der Waals surface area (Å²) in [7, 11) is 0. The maximum atomic E-state index is 5.74. The van der Waals surface area contributed by atoms with E-state index in [2.05, 4.69) is 48.1 Å². The lowest BCUT2D eigenvalue weighted by Crippen LogP contribution is -2.22. The molecule has 0 bridgehead atoms. The lowest BCUT2D eigenvalue weighted by Gasteiger charge is -2.10. The number of nitrogens with one attached hydrogen (secondary N) is 1. The summed E-state index contributed by atoms with van der Waals surface area (Å²) >= 11 is 0. The van der Waals surface area contributed by atoms with Gasteiger partial charge in [0.05, 0.1) is 0 Å². The smallest absolute Gasteiger partial charge is 0.194 e. The monoisotopic (exact) mass is 371 g/mol. The zero-order chi connectivity index (χ0) is 13.4. The third kappa shape index (κ3) is 6.48. The number of halogens is 1. The number of benzene rings is 1. The van der Waals surface area contributed by atoms with Crippen molar-refractivity contribution in [3.63, 3.8) is 0 Å². The van der Waals surface area contributed by atoms with Crippen LogP contribution in [0, 0.1) is 11.8 Å². The summed E-state index contributed by atoms with van der Waals surface area (Å²) in [5.41, 5.74) is 8.04. The topological polar surface area (TPSA) is 50.4 Å². The molecule has 3 nitrogen and oxygen atoms in total. The Morgan fingerprint density at radius 3 is 2.53 bits per heavy atom. The van der Waals surface area contributed by atoms with Crippen LogP contribution in [0.2, 0.25) is 0 Å². The Labute approximate surface area is 133 Å². The Kier molecular flexibility index (Phi) is 9.06. The number of nitrogens with zero attached hydrogens (tertiary/aromatic N) is 1. The van der Waals surface area contributed by atoms with Crippen molar-refractivity contribution >= 4 is 35.6 Å². The van der Waals surface area contributed by atoms with Crippen molar-refractivity contribution in [2.45, 2.75) is 33.1 Å². The molecule has 0 aliphatic carbocycles. The van der Waals surface area contributed by atoms with Gasteiger partial charge in [-0.25, -0.2) is 4.99 Å². The number of nitrogens with two attached hydrogens (primary N) is 1. The van der Waals surface area contributed by atoms with E-state index in [9.17, 15) is 0 Å². The molecule has 0 heterocycles. The van der Waals surface area contributed by atoms with Gasteiger partial charge < -0.3 is 11.1 Å². The van der Waals surface area contributed by atoms with Gasteiger partial charge in [0.1, 0.15) is 6.54 Å². The van der Waals surface area contributed by atoms with Crippen LogP contribution in [0.15, 0.2) is 29.3 Å². The molecule has 0 amide bonds. The minimum Gasteiger partial charge on any atom is -0.370 e. The molecule has 3 N–H and O–H groups in total. The molecule has 0 saturated carbocycles. The van der Waals surface area contributed by atoms with Crippen molar-refractivity contribution in [2.24, 2.45) is 10.7 Å². The van der Waals surface area contributed by atoms with Gasteiger partial charge in [0, 0.05) is 5.69 Å². The first-order valence-electron chi connectivity index (χ1n) is 6.23. The average Bonchev–Trinajstić information content (AvgIpc) is 2.39. The maximum absolute atomic E-state index is 5.74. The lowest BCUT2D eigenvalue weighted by molar-refractivity contribution is 0.734. The summed E-state index contributed by atoms with van der Waals surface area (Å²) in [6.07, 6.45) is 1.14. The minimum atomic E-state index is 0. The molecular weight excluding hydrogens is 349 g/mol. The molecule has 0 aromatic heterocycles. The Morgan fingerprint density at radius 1 is 1.37 bits per heavy atom. The van der Waals surface area contributed by atoms with Crippen LogP contribution in [-0.2, 0) is 0 Å². The van der Waals surface area contributed by atoms with E-state index in [1.165, 1.54) is 5.56 Å². The molecule has 0 aliphatic heterocycles. The van der Waals surface area contributed by atoms with Gasteiger partial charge in [0.15, 0.2) is 5.96 Å². The standard InChI is InChI=1S/C15H21N3.HI/c1-4-6-11-17-15(16)18-14-9-7-13(8-10-14)12(3)5-2;/h7-10,12H,5,11H2,1-3H3,(H3,16,17,18);1H. The van der Waals surface area contributed by atoms with Crippen LogP contribution < -0.4 is 11.1 Å². The zero-order valence-electron chi connectivity index (χ0n) is 11.7. The van der Waals surface area contributed by atoms with Crippen molar-refractivity contribution in [1.29, 1.82) is 0 Å². The summed E-state index contributed by atoms with van der Waals surface area (Å²) in [5, 5.41) is 3.04. The summed E-state index contributed by atoms with van der Waals surface area (Å²) in [4.78, 5) is 4.09. The molecule has 104 valence electrons. The third-order valence-electron chi connectivity index (χ3n) is 2.87. The van der Waals surface area contributed by atoms with Gasteiger partial charge in [-0.05, 0) is 37.0 Å². The van der Waals surface area contributed by atoms with Crippen molar-refractivity contribution in [3.8, 4) is 11.8 Å². The Morgan fingerprint density at radius 2 is 2.00 bits per heavy atom. The second-order valence-corrected chi connectivity index (χ2v) is 4.18. The molecular formula is C15H22IN3. The molecule has 0 saturated heterocycles. The van der Waals surface area contributed by atoms with Crippen molar-refractivity contribution in [2.75, 3.05) is 11.9 Å². The molecule has 1 atom stereocenters. The Bertz CT molecular complexity index is 455. The maximum Gasteiger partial charge on any atom is 0.194 e. The number of rotatable bonds is 4. The van der Waals surface area contributed by atoms with Crippen molar-refractivity contribution in [3.05, 3.63) is 29.8 Å². The number of anilines is 1. The minimum absolute atomic E-state index is 0. The van der Waals surface area contributed by atoms with E-state index in [0.717, 1.165) is 12.1 Å². The van der Waals surface area contributed by atoms with Gasteiger partial charge in [-0.1, -0.05) is 31.9 Å². The van der Waals surface area contributed by atoms with Crippen LogP contribution in [0.25, 0.3) is 0 Å². The van der Waals surface area contributed by atoms with Crippen molar-refractivity contribution < 1.29 is 0 Å². The van der Waals surface area contributed by atoms with Crippen LogP contribution in [-0.4, -0.2) is 12.5 Å². The van der Waals surface area contributed by atoms with Gasteiger partial charge in [-0.2, -0.15) is 0 Å². The summed E-state index contributed by atoms with van der Waals surface area (Å²) < 4.78 is 0. The van der Waals surface area contributed by atoms with E-state index in [1.54, 1.807) is 6.92 Å². The summed E-state index contributed by atoms with van der Waals surface area (Å²) in [6, 6.07) is 8.29. The van der Waals surface area contributed by atoms with E-state index in [-0.39, 0.29) is 24.0 Å². The molecule has 19 heavy (non-hydrogen) atoms. The molecule has 0 aliphatic rings. The Balaban J connectivity index is 0.00000324. The average molecular weight is 371 g/mol. The van der Waals surface area contributed by atoms with Crippen LogP contribution in [0.4, 0.5) is 5.69 Å². The predicted octanol–water partition coefficient (Wildman–Crippen LogP) is 3.57. The third-order valence-corrected chi connectivity index (χ3v) is 2.87. The summed E-state index contributed by atoms with van der Waals surface area (Å²) in [6.45, 7) is 6.63. The molecule has 1 unspecified atom stereocenters. The Hall–Kier alpha value is -1.22. The highest BCUT2D eigenvalue weighted by atomic mass is 127. The number of guanidine groups is 1. The molecule has 0 fully saturated rings. The predicted molar refractivity (Wildman–Crippen MR) is 94.1 cm³/mol. The number of hydrogen-bond donors (Lipinski definition) is 2. The highest BCUT2D eigenvalue weighted by Crippen LogP contribution is 2.20. The van der Waals surface area contributed by atoms with Gasteiger partial charge in [-0.15, -0.1) is 29.9 Å². The molecule has 1 rings (SSSR count). The highest BCUT2D eigenvalue weighted by Gasteiger charge is 2.02. The highest BCUT2D eigenvalue weighted by molar-refractivity contribution is 14.0. The number of hydrogen-bond acceptors (Lipinski definition) is 1. The lowest BCUT2D eigenvalue weighted by atomic mass is 9.99. The summed E-state index contributed by atoms with van der Waals surface area (Å²) in [5.74, 6) is 6.60. The second-order valence-electron chi connectivity index (χ2n) is 4.18. The van der Waals surface area contributed by atoms with Crippen molar-refractivity contribution in [1.82, 2.24) is 0 Å². The first-order chi connectivity index (χ1) is 8.67. The van der Waals surface area contributed by atoms with Gasteiger partial charge in [0.25, 0.3) is 0 Å². The molecule has 1 aromatic rings. The SMILES string of the molecule is CC#CCN=C(N)Nc1ccc(C(C)CC)cc1.I. The van der Waals surface area contributed by atoms with Crippen LogP contribution in [0.5, 0.6) is 0 Å². The van der Waals surface area contributed by atoms with E-state index >= 15 is 0 Å². The molecule has 4 heteroatoms. The van der Waals surface area contributed by atoms with E-state index in [0.29, 0.717) is 18.4 Å². The fraction of sp³-hybridized carbons (Fsp3) is 0.400. The van der Waals surface area contributed by atoms with Gasteiger partial charge in [-0.3, -0.25) is 0 Å². The van der Waals surface area contributed by atoms with E-state index in [1.807, 2.05) is 12.1 Å². The van der Waals surface area contributed by atoms with E-state index in [4.69, 9.17) is 5.73 Å². The fourth-order valence-electron chi connectivity index (χ4n) is 1.52. The zero-order valence-corrected chi connectivity index (χ0v) is 14.1.